The minimum Gasteiger partial charge on any atom is -0.503 e. The third-order valence-electron chi connectivity index (χ3n) is 6.87. The summed E-state index contributed by atoms with van der Waals surface area (Å²) in [5, 5.41) is 11.7. The Balaban J connectivity index is 1.61. The second-order valence-corrected chi connectivity index (χ2v) is 10.6. The van der Waals surface area contributed by atoms with Crippen molar-refractivity contribution in [1.82, 2.24) is 14.8 Å². The van der Waals surface area contributed by atoms with Crippen LogP contribution in [-0.2, 0) is 11.4 Å². The van der Waals surface area contributed by atoms with Crippen LogP contribution in [0.3, 0.4) is 0 Å². The molecule has 0 saturated carbocycles. The number of ether oxygens (including phenoxy) is 1. The first-order valence-electron chi connectivity index (χ1n) is 13.1. The first-order valence-corrected chi connectivity index (χ1v) is 13.9. The van der Waals surface area contributed by atoms with Crippen LogP contribution in [-0.4, -0.2) is 57.8 Å². The third-order valence-corrected chi connectivity index (χ3v) is 7.94. The van der Waals surface area contributed by atoms with Gasteiger partial charge >= 0.3 is 0 Å². The highest BCUT2D eigenvalue weighted by Gasteiger charge is 2.44. The lowest BCUT2D eigenvalue weighted by molar-refractivity contribution is -0.129. The zero-order valence-corrected chi connectivity index (χ0v) is 23.3. The number of aromatic nitrogens is 1. The van der Waals surface area contributed by atoms with Gasteiger partial charge in [-0.2, -0.15) is 0 Å². The lowest BCUT2D eigenvalue weighted by atomic mass is 9.95. The number of aryl methyl sites for hydroxylation is 2. The first-order chi connectivity index (χ1) is 18.3. The van der Waals surface area contributed by atoms with Gasteiger partial charge in [0.2, 0.25) is 5.78 Å². The molecule has 1 atom stereocenters. The van der Waals surface area contributed by atoms with E-state index in [4.69, 9.17) is 4.74 Å². The van der Waals surface area contributed by atoms with E-state index < -0.39 is 17.7 Å². The Kier molecular flexibility index (Phi) is 8.97. The van der Waals surface area contributed by atoms with Crippen molar-refractivity contribution in [1.29, 1.82) is 0 Å². The summed E-state index contributed by atoms with van der Waals surface area (Å²) in [5.41, 5.74) is 2.53. The smallest absolute Gasteiger partial charge is 0.290 e. The summed E-state index contributed by atoms with van der Waals surface area (Å²) in [6, 6.07) is 16.6. The average Bonchev–Trinajstić information content (AvgIpc) is 3.40. The van der Waals surface area contributed by atoms with Gasteiger partial charge in [0.15, 0.2) is 5.76 Å². The number of hydrogen-bond donors (Lipinski definition) is 1. The molecule has 1 N–H and O–H groups in total. The number of rotatable bonds is 12. The number of amides is 1. The van der Waals surface area contributed by atoms with Crippen molar-refractivity contribution in [2.45, 2.75) is 46.8 Å². The molecule has 8 heteroatoms. The molecule has 3 aromatic rings. The summed E-state index contributed by atoms with van der Waals surface area (Å²) in [4.78, 5) is 35.7. The topological polar surface area (TPSA) is 83.0 Å². The number of thiazole rings is 1. The Morgan fingerprint density at radius 3 is 2.37 bits per heavy atom. The van der Waals surface area contributed by atoms with Crippen LogP contribution in [0.5, 0.6) is 5.75 Å². The standard InChI is InChI=1S/C30H35N3O4S/c1-5-32(6-2)17-10-18-33-26(23-13-15-24(16-14-23)37-19-22-11-8-7-9-12-22)25(28(35)30(33)36)27(34)29-20(3)31-21(4)38-29/h7-9,11-16,26,35H,5-6,10,17-19H2,1-4H3. The van der Waals surface area contributed by atoms with Crippen molar-refractivity contribution in [3.63, 3.8) is 0 Å². The predicted molar refractivity (Wildman–Crippen MR) is 150 cm³/mol. The fraction of sp³-hybridized carbons (Fsp3) is 0.367. The molecule has 2 aromatic carbocycles. The fourth-order valence-electron chi connectivity index (χ4n) is 4.82. The molecule has 0 saturated heterocycles. The number of Topliss-reactive ketones (excluding diaryl/α,β-unsaturated/α-hetero) is 1. The SMILES string of the molecule is CCN(CC)CCCN1C(=O)C(O)=C(C(=O)c2sc(C)nc2C)C1c1ccc(OCc2ccccc2)cc1. The second-order valence-electron chi connectivity index (χ2n) is 9.36. The normalized spacial score (nSPS) is 15.6. The summed E-state index contributed by atoms with van der Waals surface area (Å²) in [5.74, 6) is -0.650. The van der Waals surface area contributed by atoms with E-state index in [0.717, 1.165) is 42.2 Å². The molecular formula is C30H35N3O4S. The largest absolute Gasteiger partial charge is 0.503 e. The van der Waals surface area contributed by atoms with Gasteiger partial charge < -0.3 is 19.6 Å². The maximum absolute atomic E-state index is 13.7. The number of nitrogens with zero attached hydrogens (tertiary/aromatic N) is 3. The minimum absolute atomic E-state index is 0.113. The molecule has 0 aliphatic carbocycles. The van der Waals surface area contributed by atoms with E-state index in [-0.39, 0.29) is 11.4 Å². The van der Waals surface area contributed by atoms with Gasteiger partial charge in [-0.1, -0.05) is 56.3 Å². The molecular weight excluding hydrogens is 498 g/mol. The maximum Gasteiger partial charge on any atom is 0.290 e. The van der Waals surface area contributed by atoms with Gasteiger partial charge in [0.05, 0.1) is 27.2 Å². The van der Waals surface area contributed by atoms with Crippen LogP contribution in [0.15, 0.2) is 65.9 Å². The summed E-state index contributed by atoms with van der Waals surface area (Å²) >= 11 is 1.28. The molecule has 1 aromatic heterocycles. The Labute approximate surface area is 228 Å². The van der Waals surface area contributed by atoms with Gasteiger partial charge in [0.25, 0.3) is 5.91 Å². The number of ketones is 1. The summed E-state index contributed by atoms with van der Waals surface area (Å²) in [6.45, 7) is 11.4. The molecule has 1 aliphatic heterocycles. The van der Waals surface area contributed by atoms with Crippen LogP contribution in [0.4, 0.5) is 0 Å². The van der Waals surface area contributed by atoms with Gasteiger partial charge in [-0.3, -0.25) is 9.59 Å². The van der Waals surface area contributed by atoms with Gasteiger partial charge in [-0.25, -0.2) is 4.98 Å². The van der Waals surface area contributed by atoms with Crippen LogP contribution in [0, 0.1) is 13.8 Å². The van der Waals surface area contributed by atoms with Crippen molar-refractivity contribution in [2.75, 3.05) is 26.2 Å². The van der Waals surface area contributed by atoms with Gasteiger partial charge in [0, 0.05) is 6.54 Å². The number of benzene rings is 2. The van der Waals surface area contributed by atoms with Crippen molar-refractivity contribution < 1.29 is 19.4 Å². The number of aliphatic hydroxyl groups is 1. The van der Waals surface area contributed by atoms with Crippen molar-refractivity contribution in [3.05, 3.63) is 92.6 Å². The molecule has 1 aliphatic rings. The molecule has 2 heterocycles. The van der Waals surface area contributed by atoms with Crippen LogP contribution in [0.1, 0.15) is 57.8 Å². The van der Waals surface area contributed by atoms with Crippen molar-refractivity contribution >= 4 is 23.0 Å². The first kappa shape index (κ1) is 27.5. The second kappa shape index (κ2) is 12.4. The average molecular weight is 534 g/mol. The number of hydrogen-bond acceptors (Lipinski definition) is 7. The highest BCUT2D eigenvalue weighted by atomic mass is 32.1. The summed E-state index contributed by atoms with van der Waals surface area (Å²) in [7, 11) is 0. The lowest BCUT2D eigenvalue weighted by Gasteiger charge is -2.28. The zero-order chi connectivity index (χ0) is 27.2. The molecule has 38 heavy (non-hydrogen) atoms. The monoisotopic (exact) mass is 533 g/mol. The van der Waals surface area contributed by atoms with E-state index in [2.05, 4.69) is 23.7 Å². The molecule has 7 nitrogen and oxygen atoms in total. The number of carbonyl (C=O) groups excluding carboxylic acids is 2. The number of aliphatic hydroxyl groups excluding tert-OH is 1. The number of carbonyl (C=O) groups is 2. The maximum atomic E-state index is 13.7. The van der Waals surface area contributed by atoms with Crippen LogP contribution in [0.25, 0.3) is 0 Å². The van der Waals surface area contributed by atoms with Gasteiger partial charge in [-0.05, 0) is 63.2 Å². The van der Waals surface area contributed by atoms with Crippen LogP contribution < -0.4 is 4.74 Å². The van der Waals surface area contributed by atoms with E-state index in [1.54, 1.807) is 11.8 Å². The van der Waals surface area contributed by atoms with Gasteiger partial charge in [-0.15, -0.1) is 11.3 Å². The summed E-state index contributed by atoms with van der Waals surface area (Å²) in [6.07, 6.45) is 0.732. The molecule has 1 unspecified atom stereocenters. The Bertz CT molecular complexity index is 1300. The molecule has 4 rings (SSSR count). The fourth-order valence-corrected chi connectivity index (χ4v) is 5.69. The van der Waals surface area contributed by atoms with E-state index >= 15 is 0 Å². The van der Waals surface area contributed by atoms with Crippen molar-refractivity contribution in [3.8, 4) is 5.75 Å². The Hall–Kier alpha value is -3.49. The molecule has 200 valence electrons. The Morgan fingerprint density at radius 2 is 1.76 bits per heavy atom. The van der Waals surface area contributed by atoms with Crippen molar-refractivity contribution in [2.24, 2.45) is 0 Å². The molecule has 0 radical (unpaired) electrons. The third kappa shape index (κ3) is 5.97. The molecule has 1 amide bonds. The minimum atomic E-state index is -0.684. The van der Waals surface area contributed by atoms with E-state index in [1.807, 2.05) is 61.5 Å². The summed E-state index contributed by atoms with van der Waals surface area (Å²) < 4.78 is 5.94. The van der Waals surface area contributed by atoms with E-state index in [1.165, 1.54) is 11.3 Å². The Morgan fingerprint density at radius 1 is 1.08 bits per heavy atom. The lowest BCUT2D eigenvalue weighted by Crippen LogP contribution is -2.34. The molecule has 0 spiro atoms. The van der Waals surface area contributed by atoms with E-state index in [0.29, 0.717) is 29.5 Å². The van der Waals surface area contributed by atoms with Gasteiger partial charge in [0.1, 0.15) is 12.4 Å². The zero-order valence-electron chi connectivity index (χ0n) is 22.4. The van der Waals surface area contributed by atoms with Crippen LogP contribution in [0.2, 0.25) is 0 Å². The molecule has 0 bridgehead atoms. The highest BCUT2D eigenvalue weighted by Crippen LogP contribution is 2.40. The quantitative estimate of drug-likeness (QED) is 0.303. The predicted octanol–water partition coefficient (Wildman–Crippen LogP) is 5.65. The van der Waals surface area contributed by atoms with E-state index in [9.17, 15) is 14.7 Å². The molecule has 0 fully saturated rings. The van der Waals surface area contributed by atoms with Crippen LogP contribution >= 0.6 is 11.3 Å². The highest BCUT2D eigenvalue weighted by molar-refractivity contribution is 7.14.